The predicted octanol–water partition coefficient (Wildman–Crippen LogP) is 1.94. The Morgan fingerprint density at radius 2 is 2.12 bits per heavy atom. The molecule has 3 rings (SSSR count). The second-order valence-corrected chi connectivity index (χ2v) is 6.71. The molecule has 1 aliphatic rings. The number of nitrogens with zero attached hydrogens (tertiary/aromatic N) is 3. The van der Waals surface area contributed by atoms with Crippen molar-refractivity contribution < 1.29 is 9.32 Å². The largest absolute Gasteiger partial charge is 0.358 e. The van der Waals surface area contributed by atoms with E-state index in [0.29, 0.717) is 31.3 Å². The van der Waals surface area contributed by atoms with Crippen LogP contribution in [0.5, 0.6) is 0 Å². The molecule has 1 aromatic heterocycles. The number of hydrogen-bond donors (Lipinski definition) is 1. The third-order valence-electron chi connectivity index (χ3n) is 4.33. The quantitative estimate of drug-likeness (QED) is 0.908. The predicted molar refractivity (Wildman–Crippen MR) is 90.1 cm³/mol. The van der Waals surface area contributed by atoms with Gasteiger partial charge >= 0.3 is 0 Å². The van der Waals surface area contributed by atoms with Gasteiger partial charge in [0.15, 0.2) is 5.82 Å². The molecule has 2 heterocycles. The highest BCUT2D eigenvalue weighted by atomic mass is 16.5. The molecule has 0 saturated heterocycles. The van der Waals surface area contributed by atoms with E-state index in [1.165, 1.54) is 11.1 Å². The molecule has 0 unspecified atom stereocenters. The van der Waals surface area contributed by atoms with Gasteiger partial charge in [-0.05, 0) is 23.5 Å². The van der Waals surface area contributed by atoms with Gasteiger partial charge in [0.2, 0.25) is 11.8 Å². The minimum Gasteiger partial charge on any atom is -0.358 e. The van der Waals surface area contributed by atoms with Crippen LogP contribution in [0.2, 0.25) is 0 Å². The Balaban J connectivity index is 1.79. The van der Waals surface area contributed by atoms with E-state index in [9.17, 15) is 4.79 Å². The van der Waals surface area contributed by atoms with Crippen LogP contribution in [0.3, 0.4) is 0 Å². The molecule has 0 aliphatic carbocycles. The summed E-state index contributed by atoms with van der Waals surface area (Å²) in [5, 5.41) is 6.81. The van der Waals surface area contributed by atoms with E-state index in [1.807, 2.05) is 12.1 Å². The summed E-state index contributed by atoms with van der Waals surface area (Å²) in [5.41, 5.74) is 2.48. The molecular weight excluding hydrogens is 304 g/mol. The van der Waals surface area contributed by atoms with Crippen LogP contribution in [0.25, 0.3) is 0 Å². The third-order valence-corrected chi connectivity index (χ3v) is 4.33. The number of hydrogen-bond acceptors (Lipinski definition) is 5. The maximum Gasteiger partial charge on any atom is 0.240 e. The first kappa shape index (κ1) is 16.6. The first-order valence-electron chi connectivity index (χ1n) is 8.40. The molecular formula is C18H24N4O2. The van der Waals surface area contributed by atoms with Crippen LogP contribution >= 0.6 is 0 Å². The number of benzene rings is 1. The van der Waals surface area contributed by atoms with Gasteiger partial charge in [0.1, 0.15) is 0 Å². The van der Waals surface area contributed by atoms with Crippen molar-refractivity contribution >= 4 is 5.91 Å². The van der Waals surface area contributed by atoms with Crippen molar-refractivity contribution in [2.24, 2.45) is 5.92 Å². The van der Waals surface area contributed by atoms with E-state index in [2.05, 4.69) is 46.3 Å². The first-order valence-corrected chi connectivity index (χ1v) is 8.40. The SMILES string of the molecule is CNC(=O)[C@@H]1Cc2ccccc2CN1Cc1nc(CC(C)C)no1. The van der Waals surface area contributed by atoms with Crippen molar-refractivity contribution in [3.8, 4) is 0 Å². The van der Waals surface area contributed by atoms with Gasteiger partial charge in [0.25, 0.3) is 0 Å². The molecule has 128 valence electrons. The van der Waals surface area contributed by atoms with Crippen LogP contribution in [0.1, 0.15) is 36.7 Å². The van der Waals surface area contributed by atoms with Gasteiger partial charge in [-0.2, -0.15) is 4.98 Å². The van der Waals surface area contributed by atoms with Crippen molar-refractivity contribution in [1.82, 2.24) is 20.4 Å². The molecule has 6 heteroatoms. The van der Waals surface area contributed by atoms with Gasteiger partial charge in [-0.1, -0.05) is 43.3 Å². The van der Waals surface area contributed by atoms with Crippen LogP contribution in [0.15, 0.2) is 28.8 Å². The molecule has 0 spiro atoms. The lowest BCUT2D eigenvalue weighted by Gasteiger charge is -2.34. The fourth-order valence-corrected chi connectivity index (χ4v) is 3.14. The monoisotopic (exact) mass is 328 g/mol. The highest BCUT2D eigenvalue weighted by Crippen LogP contribution is 2.25. The minimum absolute atomic E-state index is 0.0198. The molecule has 0 bridgehead atoms. The third kappa shape index (κ3) is 3.64. The summed E-state index contributed by atoms with van der Waals surface area (Å²) in [5.74, 6) is 1.80. The van der Waals surface area contributed by atoms with E-state index in [-0.39, 0.29) is 11.9 Å². The van der Waals surface area contributed by atoms with E-state index >= 15 is 0 Å². The van der Waals surface area contributed by atoms with Gasteiger partial charge < -0.3 is 9.84 Å². The molecule has 2 aromatic rings. The molecule has 1 atom stereocenters. The van der Waals surface area contributed by atoms with Crippen molar-refractivity contribution in [2.75, 3.05) is 7.05 Å². The lowest BCUT2D eigenvalue weighted by molar-refractivity contribution is -0.126. The summed E-state index contributed by atoms with van der Waals surface area (Å²) in [7, 11) is 1.68. The summed E-state index contributed by atoms with van der Waals surface area (Å²) < 4.78 is 5.38. The smallest absolute Gasteiger partial charge is 0.240 e. The van der Waals surface area contributed by atoms with E-state index in [4.69, 9.17) is 4.52 Å². The summed E-state index contributed by atoms with van der Waals surface area (Å²) >= 11 is 0. The van der Waals surface area contributed by atoms with Crippen LogP contribution in [0.4, 0.5) is 0 Å². The number of rotatable bonds is 5. The zero-order valence-electron chi connectivity index (χ0n) is 14.5. The van der Waals surface area contributed by atoms with Crippen LogP contribution < -0.4 is 5.32 Å². The highest BCUT2D eigenvalue weighted by Gasteiger charge is 2.32. The average molecular weight is 328 g/mol. The van der Waals surface area contributed by atoms with Crippen LogP contribution in [0, 0.1) is 5.92 Å². The second kappa shape index (κ2) is 7.13. The van der Waals surface area contributed by atoms with Crippen molar-refractivity contribution in [2.45, 2.75) is 45.8 Å². The van der Waals surface area contributed by atoms with Crippen LogP contribution in [-0.4, -0.2) is 34.0 Å². The molecule has 0 saturated carbocycles. The lowest BCUT2D eigenvalue weighted by Crippen LogP contribution is -2.49. The summed E-state index contributed by atoms with van der Waals surface area (Å²) in [6.07, 6.45) is 1.49. The van der Waals surface area contributed by atoms with Crippen molar-refractivity contribution in [3.05, 3.63) is 47.1 Å². The maximum absolute atomic E-state index is 12.3. The summed E-state index contributed by atoms with van der Waals surface area (Å²) in [6, 6.07) is 8.04. The Labute approximate surface area is 142 Å². The Hall–Kier alpha value is -2.21. The molecule has 1 aromatic carbocycles. The molecule has 0 fully saturated rings. The lowest BCUT2D eigenvalue weighted by atomic mass is 9.93. The number of carbonyl (C=O) groups is 1. The molecule has 1 amide bonds. The zero-order chi connectivity index (χ0) is 17.1. The number of amides is 1. The van der Waals surface area contributed by atoms with Gasteiger partial charge in [0, 0.05) is 20.0 Å². The van der Waals surface area contributed by atoms with E-state index < -0.39 is 0 Å². The highest BCUT2D eigenvalue weighted by molar-refractivity contribution is 5.82. The van der Waals surface area contributed by atoms with Crippen molar-refractivity contribution in [1.29, 1.82) is 0 Å². The minimum atomic E-state index is -0.217. The number of aromatic nitrogens is 2. The number of nitrogens with one attached hydrogen (secondary N) is 1. The van der Waals surface area contributed by atoms with Gasteiger partial charge in [-0.25, -0.2) is 0 Å². The van der Waals surface area contributed by atoms with Crippen LogP contribution in [-0.2, 0) is 30.7 Å². The van der Waals surface area contributed by atoms with Gasteiger partial charge in [0.05, 0.1) is 12.6 Å². The average Bonchev–Trinajstić information content (AvgIpc) is 2.99. The second-order valence-electron chi connectivity index (χ2n) is 6.71. The Bertz CT molecular complexity index is 711. The fourth-order valence-electron chi connectivity index (χ4n) is 3.14. The van der Waals surface area contributed by atoms with Gasteiger partial charge in [-0.3, -0.25) is 9.69 Å². The van der Waals surface area contributed by atoms with E-state index in [1.54, 1.807) is 7.05 Å². The van der Waals surface area contributed by atoms with E-state index in [0.717, 1.165) is 12.2 Å². The summed E-state index contributed by atoms with van der Waals surface area (Å²) in [6.45, 7) is 5.44. The first-order chi connectivity index (χ1) is 11.6. The molecule has 24 heavy (non-hydrogen) atoms. The number of carbonyl (C=O) groups excluding carboxylic acids is 1. The number of likely N-dealkylation sites (N-methyl/N-ethyl adjacent to an activating group) is 1. The standard InChI is InChI=1S/C18H24N4O2/c1-12(2)8-16-20-17(24-21-16)11-22-10-14-7-5-4-6-13(14)9-15(22)18(23)19-3/h4-7,12,15H,8-11H2,1-3H3,(H,19,23)/t15-/m0/s1. The van der Waals surface area contributed by atoms with Gasteiger partial charge in [-0.15, -0.1) is 0 Å². The zero-order valence-corrected chi connectivity index (χ0v) is 14.5. The Morgan fingerprint density at radius 1 is 1.38 bits per heavy atom. The maximum atomic E-state index is 12.3. The number of fused-ring (bicyclic) bond motifs is 1. The molecule has 1 N–H and O–H groups in total. The Morgan fingerprint density at radius 3 is 2.83 bits per heavy atom. The Kier molecular flexibility index (Phi) is 4.94. The molecule has 6 nitrogen and oxygen atoms in total. The fraction of sp³-hybridized carbons (Fsp3) is 0.500. The summed E-state index contributed by atoms with van der Waals surface area (Å²) in [4.78, 5) is 18.9. The normalized spacial score (nSPS) is 17.8. The molecule has 1 aliphatic heterocycles. The van der Waals surface area contributed by atoms with Crippen molar-refractivity contribution in [3.63, 3.8) is 0 Å². The molecule has 0 radical (unpaired) electrons. The topological polar surface area (TPSA) is 71.3 Å².